The van der Waals surface area contributed by atoms with Crippen LogP contribution in [0.4, 0.5) is 0 Å². The zero-order valence-corrected chi connectivity index (χ0v) is 12.5. The molecule has 0 aliphatic heterocycles. The van der Waals surface area contributed by atoms with Crippen LogP contribution in [0.1, 0.15) is 59.3 Å². The van der Waals surface area contributed by atoms with Gasteiger partial charge >= 0.3 is 0 Å². The number of nitrogens with two attached hydrogens (primary N) is 1. The summed E-state index contributed by atoms with van der Waals surface area (Å²) >= 11 is 0. The first-order valence-electron chi connectivity index (χ1n) is 8.23. The molecule has 3 unspecified atom stereocenters. The van der Waals surface area contributed by atoms with Gasteiger partial charge < -0.3 is 5.73 Å². The molecule has 2 N–H and O–H groups in total. The fourth-order valence-electron chi connectivity index (χ4n) is 6.43. The number of hydrogen-bond donors (Lipinski definition) is 1. The normalized spacial score (nSPS) is 47.8. The van der Waals surface area contributed by atoms with Crippen LogP contribution in [0.15, 0.2) is 0 Å². The van der Waals surface area contributed by atoms with Crippen molar-refractivity contribution in [3.8, 4) is 0 Å². The van der Waals surface area contributed by atoms with Gasteiger partial charge in [0.15, 0.2) is 0 Å². The summed E-state index contributed by atoms with van der Waals surface area (Å²) in [4.78, 5) is 0. The van der Waals surface area contributed by atoms with Gasteiger partial charge in [-0.05, 0) is 86.0 Å². The van der Waals surface area contributed by atoms with Gasteiger partial charge in [-0.25, -0.2) is 0 Å². The van der Waals surface area contributed by atoms with Crippen LogP contribution < -0.4 is 5.73 Å². The molecule has 18 heavy (non-hydrogen) atoms. The van der Waals surface area contributed by atoms with Gasteiger partial charge in [-0.15, -0.1) is 0 Å². The van der Waals surface area contributed by atoms with Crippen molar-refractivity contribution in [1.82, 2.24) is 0 Å². The zero-order valence-electron chi connectivity index (χ0n) is 12.5. The van der Waals surface area contributed by atoms with Crippen molar-refractivity contribution < 1.29 is 0 Å². The van der Waals surface area contributed by atoms with Crippen molar-refractivity contribution in [3.05, 3.63) is 0 Å². The summed E-state index contributed by atoms with van der Waals surface area (Å²) in [6.45, 7) is 8.14. The van der Waals surface area contributed by atoms with Crippen molar-refractivity contribution in [3.63, 3.8) is 0 Å². The SMILES string of the molecule is CC(C)CC12CC3CC(C1)C(C(C)CN)C(C3)C2. The van der Waals surface area contributed by atoms with E-state index in [0.717, 1.165) is 47.5 Å². The summed E-state index contributed by atoms with van der Waals surface area (Å²) in [7, 11) is 0. The third-order valence-electron chi connectivity index (χ3n) is 6.34. The quantitative estimate of drug-likeness (QED) is 0.798. The van der Waals surface area contributed by atoms with Crippen LogP contribution in [0, 0.1) is 40.9 Å². The Morgan fingerprint density at radius 3 is 2.17 bits per heavy atom. The second-order valence-corrected chi connectivity index (χ2v) is 8.36. The topological polar surface area (TPSA) is 26.0 Å². The second kappa shape index (κ2) is 4.51. The summed E-state index contributed by atoms with van der Waals surface area (Å²) in [5.41, 5.74) is 6.71. The molecule has 0 amide bonds. The molecule has 4 aliphatic carbocycles. The van der Waals surface area contributed by atoms with Gasteiger partial charge in [-0.1, -0.05) is 20.8 Å². The Morgan fingerprint density at radius 1 is 1.06 bits per heavy atom. The van der Waals surface area contributed by atoms with Gasteiger partial charge in [-0.2, -0.15) is 0 Å². The molecule has 1 heteroatoms. The Bertz CT molecular complexity index is 289. The maximum Gasteiger partial charge on any atom is -0.00487 e. The van der Waals surface area contributed by atoms with Gasteiger partial charge in [0.25, 0.3) is 0 Å². The summed E-state index contributed by atoms with van der Waals surface area (Å²) in [6.07, 6.45) is 9.18. The molecule has 0 spiro atoms. The van der Waals surface area contributed by atoms with Crippen molar-refractivity contribution in [2.24, 2.45) is 46.7 Å². The first-order chi connectivity index (χ1) is 8.53. The van der Waals surface area contributed by atoms with E-state index in [2.05, 4.69) is 20.8 Å². The minimum absolute atomic E-state index is 0.746. The fraction of sp³-hybridized carbons (Fsp3) is 1.00. The number of hydrogen-bond acceptors (Lipinski definition) is 1. The van der Waals surface area contributed by atoms with Crippen LogP contribution in [-0.4, -0.2) is 6.54 Å². The fourth-order valence-corrected chi connectivity index (χ4v) is 6.43. The first-order valence-corrected chi connectivity index (χ1v) is 8.23. The molecule has 4 aliphatic rings. The smallest absolute Gasteiger partial charge is 0.00487 e. The maximum absolute atomic E-state index is 5.97. The van der Waals surface area contributed by atoms with E-state index in [-0.39, 0.29) is 0 Å². The number of rotatable bonds is 4. The molecule has 0 heterocycles. The van der Waals surface area contributed by atoms with E-state index in [1.54, 1.807) is 6.42 Å². The molecule has 104 valence electrons. The first kappa shape index (κ1) is 13.0. The van der Waals surface area contributed by atoms with E-state index in [1.807, 2.05) is 0 Å². The van der Waals surface area contributed by atoms with E-state index in [0.29, 0.717) is 0 Å². The third-order valence-corrected chi connectivity index (χ3v) is 6.34. The molecule has 0 aromatic rings. The Kier molecular flexibility index (Phi) is 3.25. The maximum atomic E-state index is 5.97. The molecular formula is C17H31N. The molecule has 0 aromatic heterocycles. The van der Waals surface area contributed by atoms with Gasteiger partial charge in [-0.3, -0.25) is 0 Å². The van der Waals surface area contributed by atoms with Crippen molar-refractivity contribution in [2.45, 2.75) is 59.3 Å². The summed E-state index contributed by atoms with van der Waals surface area (Å²) in [6, 6.07) is 0. The molecular weight excluding hydrogens is 218 g/mol. The van der Waals surface area contributed by atoms with Crippen LogP contribution >= 0.6 is 0 Å². The van der Waals surface area contributed by atoms with Crippen molar-refractivity contribution in [2.75, 3.05) is 6.54 Å². The molecule has 0 aromatic carbocycles. The van der Waals surface area contributed by atoms with Gasteiger partial charge in [0.2, 0.25) is 0 Å². The lowest BCUT2D eigenvalue weighted by Gasteiger charge is -2.62. The second-order valence-electron chi connectivity index (χ2n) is 8.36. The molecule has 0 saturated heterocycles. The summed E-state index contributed by atoms with van der Waals surface area (Å²) in [5, 5.41) is 0. The third kappa shape index (κ3) is 2.03. The predicted octanol–water partition coefficient (Wildman–Crippen LogP) is 4.07. The van der Waals surface area contributed by atoms with Gasteiger partial charge in [0.1, 0.15) is 0 Å². The highest BCUT2D eigenvalue weighted by Crippen LogP contribution is 2.65. The van der Waals surface area contributed by atoms with Crippen LogP contribution in [0.2, 0.25) is 0 Å². The monoisotopic (exact) mass is 249 g/mol. The van der Waals surface area contributed by atoms with E-state index < -0.39 is 0 Å². The highest BCUT2D eigenvalue weighted by molar-refractivity contribution is 5.05. The van der Waals surface area contributed by atoms with E-state index >= 15 is 0 Å². The molecule has 0 radical (unpaired) electrons. The average Bonchev–Trinajstić information content (AvgIpc) is 2.25. The highest BCUT2D eigenvalue weighted by Gasteiger charge is 2.55. The largest absolute Gasteiger partial charge is 0.330 e. The lowest BCUT2D eigenvalue weighted by Crippen LogP contribution is -2.53. The molecule has 4 fully saturated rings. The van der Waals surface area contributed by atoms with Crippen molar-refractivity contribution in [1.29, 1.82) is 0 Å². The molecule has 3 atom stereocenters. The summed E-state index contributed by atoms with van der Waals surface area (Å²) < 4.78 is 0. The molecule has 4 bridgehead atoms. The Morgan fingerprint density at radius 2 is 1.67 bits per heavy atom. The Hall–Kier alpha value is -0.0400. The molecule has 4 rings (SSSR count). The zero-order chi connectivity index (χ0) is 12.9. The van der Waals surface area contributed by atoms with E-state index in [1.165, 1.54) is 32.1 Å². The minimum atomic E-state index is 0.746. The Balaban J connectivity index is 1.80. The van der Waals surface area contributed by atoms with E-state index in [9.17, 15) is 0 Å². The average molecular weight is 249 g/mol. The van der Waals surface area contributed by atoms with Gasteiger partial charge in [0, 0.05) is 0 Å². The minimum Gasteiger partial charge on any atom is -0.330 e. The van der Waals surface area contributed by atoms with Crippen molar-refractivity contribution >= 4 is 0 Å². The van der Waals surface area contributed by atoms with Crippen LogP contribution in [0.3, 0.4) is 0 Å². The highest BCUT2D eigenvalue weighted by atomic mass is 14.6. The van der Waals surface area contributed by atoms with Crippen LogP contribution in [0.25, 0.3) is 0 Å². The lowest BCUT2D eigenvalue weighted by atomic mass is 9.43. The van der Waals surface area contributed by atoms with Crippen LogP contribution in [0.5, 0.6) is 0 Å². The Labute approximate surface area is 113 Å². The predicted molar refractivity (Wildman–Crippen MR) is 77.2 cm³/mol. The van der Waals surface area contributed by atoms with Gasteiger partial charge in [0.05, 0.1) is 0 Å². The summed E-state index contributed by atoms with van der Waals surface area (Å²) in [5.74, 6) is 5.72. The standard InChI is InChI=1S/C17H31N/c1-11(2)6-17-7-13-4-14(8-17)16(12(3)10-18)15(5-13)9-17/h11-16H,4-10,18H2,1-3H3. The molecule has 4 saturated carbocycles. The molecule has 1 nitrogen and oxygen atoms in total. The lowest BCUT2D eigenvalue weighted by molar-refractivity contribution is -0.117. The van der Waals surface area contributed by atoms with E-state index in [4.69, 9.17) is 5.73 Å². The van der Waals surface area contributed by atoms with Crippen LogP contribution in [-0.2, 0) is 0 Å².